The number of rotatable bonds is 4. The van der Waals surface area contributed by atoms with Crippen molar-refractivity contribution in [1.82, 2.24) is 4.57 Å². The van der Waals surface area contributed by atoms with Crippen molar-refractivity contribution in [2.45, 2.75) is 25.9 Å². The van der Waals surface area contributed by atoms with Crippen LogP contribution in [0.25, 0.3) is 11.3 Å². The Balaban J connectivity index is 0.00000182. The third kappa shape index (κ3) is 3.53. The molecular weight excluding hydrogens is 355 g/mol. The molecular formula is C20H20Cl2N2O. The molecule has 4 rings (SSSR count). The lowest BCUT2D eigenvalue weighted by Gasteiger charge is -2.01. The number of imidazole rings is 1. The van der Waals surface area contributed by atoms with Gasteiger partial charge in [-0.2, -0.15) is 0 Å². The normalized spacial score (nSPS) is 12.6. The highest BCUT2D eigenvalue weighted by molar-refractivity contribution is 6.30. The van der Waals surface area contributed by atoms with Gasteiger partial charge >= 0.3 is 0 Å². The minimum atomic E-state index is 0. The third-order valence-corrected chi connectivity index (χ3v) is 4.86. The van der Waals surface area contributed by atoms with Gasteiger partial charge < -0.3 is 17.1 Å². The van der Waals surface area contributed by atoms with E-state index in [4.69, 9.17) is 16.3 Å². The molecule has 3 aromatic rings. The molecule has 0 fully saturated rings. The first-order valence-electron chi connectivity index (χ1n) is 8.25. The van der Waals surface area contributed by atoms with Crippen molar-refractivity contribution in [3.63, 3.8) is 0 Å². The fourth-order valence-corrected chi connectivity index (χ4v) is 3.68. The molecule has 2 aromatic carbocycles. The summed E-state index contributed by atoms with van der Waals surface area (Å²) in [6.45, 7) is 1.94. The summed E-state index contributed by atoms with van der Waals surface area (Å²) < 4.78 is 10.1. The van der Waals surface area contributed by atoms with Crippen molar-refractivity contribution >= 4 is 11.6 Å². The highest BCUT2D eigenvalue weighted by Gasteiger charge is 2.28. The van der Waals surface area contributed by atoms with E-state index in [2.05, 4.69) is 33.5 Å². The number of halogens is 2. The number of ether oxygens (including phenoxy) is 1. The van der Waals surface area contributed by atoms with Crippen LogP contribution >= 0.6 is 11.6 Å². The van der Waals surface area contributed by atoms with Crippen LogP contribution in [0.2, 0.25) is 5.02 Å². The van der Waals surface area contributed by atoms with E-state index < -0.39 is 0 Å². The molecule has 5 heteroatoms. The predicted octanol–water partition coefficient (Wildman–Crippen LogP) is 1.10. The van der Waals surface area contributed by atoms with Gasteiger partial charge in [0.2, 0.25) is 0 Å². The first-order chi connectivity index (χ1) is 11.7. The van der Waals surface area contributed by atoms with Gasteiger partial charge in [0.05, 0.1) is 20.1 Å². The molecule has 0 N–H and O–H groups in total. The molecule has 25 heavy (non-hydrogen) atoms. The highest BCUT2D eigenvalue weighted by Crippen LogP contribution is 2.26. The summed E-state index contributed by atoms with van der Waals surface area (Å²) in [5, 5.41) is 0.791. The van der Waals surface area contributed by atoms with E-state index >= 15 is 0 Å². The third-order valence-electron chi connectivity index (χ3n) is 4.62. The van der Waals surface area contributed by atoms with Crippen LogP contribution in [0.1, 0.15) is 17.8 Å². The molecule has 0 radical (unpaired) electrons. The van der Waals surface area contributed by atoms with Gasteiger partial charge in [-0.15, -0.1) is 0 Å². The van der Waals surface area contributed by atoms with E-state index in [0.717, 1.165) is 30.3 Å². The molecule has 2 heterocycles. The van der Waals surface area contributed by atoms with Crippen LogP contribution in [0, 0.1) is 0 Å². The number of hydrogen-bond donors (Lipinski definition) is 0. The molecule has 0 bridgehead atoms. The largest absolute Gasteiger partial charge is 1.00 e. The maximum Gasteiger partial charge on any atom is 0.257 e. The summed E-state index contributed by atoms with van der Waals surface area (Å²) in [6.07, 6.45) is 4.59. The van der Waals surface area contributed by atoms with Gasteiger partial charge in [-0.05, 0) is 48.4 Å². The van der Waals surface area contributed by atoms with E-state index in [9.17, 15) is 0 Å². The van der Waals surface area contributed by atoms with Crippen LogP contribution < -0.4 is 21.7 Å². The second-order valence-electron chi connectivity index (χ2n) is 6.17. The Morgan fingerprint density at radius 1 is 1.16 bits per heavy atom. The van der Waals surface area contributed by atoms with E-state index in [0.29, 0.717) is 0 Å². The van der Waals surface area contributed by atoms with Gasteiger partial charge in [0, 0.05) is 10.6 Å². The molecule has 0 aliphatic carbocycles. The molecule has 1 aliphatic rings. The van der Waals surface area contributed by atoms with Crippen LogP contribution in [0.4, 0.5) is 0 Å². The number of methoxy groups -OCH3 is 1. The monoisotopic (exact) mass is 374 g/mol. The number of hydrogen-bond acceptors (Lipinski definition) is 1. The second kappa shape index (κ2) is 7.51. The number of fused-ring (bicyclic) bond motifs is 1. The Hall–Kier alpha value is -1.97. The molecule has 3 nitrogen and oxygen atoms in total. The first-order valence-corrected chi connectivity index (χ1v) is 8.63. The molecule has 1 aliphatic heterocycles. The zero-order valence-corrected chi connectivity index (χ0v) is 15.6. The molecule has 1 aromatic heterocycles. The van der Waals surface area contributed by atoms with Gasteiger partial charge in [-0.3, -0.25) is 0 Å². The van der Waals surface area contributed by atoms with Crippen LogP contribution in [0.5, 0.6) is 5.75 Å². The lowest BCUT2D eigenvalue weighted by molar-refractivity contribution is -0.694. The highest BCUT2D eigenvalue weighted by atomic mass is 35.5. The Morgan fingerprint density at radius 3 is 2.68 bits per heavy atom. The zero-order valence-electron chi connectivity index (χ0n) is 14.1. The van der Waals surface area contributed by atoms with E-state index in [1.807, 2.05) is 30.3 Å². The maximum atomic E-state index is 6.13. The topological polar surface area (TPSA) is 18.0 Å². The molecule has 0 saturated heterocycles. The van der Waals surface area contributed by atoms with Crippen LogP contribution in [-0.4, -0.2) is 11.7 Å². The van der Waals surface area contributed by atoms with Gasteiger partial charge in [0.1, 0.15) is 18.5 Å². The summed E-state index contributed by atoms with van der Waals surface area (Å²) in [7, 11) is 1.70. The fourth-order valence-electron chi connectivity index (χ4n) is 3.47. The minimum Gasteiger partial charge on any atom is -1.00 e. The van der Waals surface area contributed by atoms with Crippen LogP contribution in [-0.2, 0) is 19.5 Å². The molecule has 0 saturated carbocycles. The Labute approximate surface area is 159 Å². The summed E-state index contributed by atoms with van der Waals surface area (Å²) in [4.78, 5) is 0. The Bertz CT molecular complexity index is 872. The SMILES string of the molecule is COc1ccc(-c2c[n+](Cc3cccc(Cl)c3)c3n2CCC3)cc1.[Cl-]. The summed E-state index contributed by atoms with van der Waals surface area (Å²) >= 11 is 6.13. The lowest BCUT2D eigenvalue weighted by Crippen LogP contribution is -3.00. The number of benzene rings is 2. The fraction of sp³-hybridized carbons (Fsp3) is 0.250. The Kier molecular flexibility index (Phi) is 5.36. The molecule has 130 valence electrons. The molecule has 0 spiro atoms. The average Bonchev–Trinajstić information content (AvgIpc) is 3.19. The van der Waals surface area contributed by atoms with E-state index in [-0.39, 0.29) is 12.4 Å². The van der Waals surface area contributed by atoms with Crippen molar-refractivity contribution in [3.8, 4) is 17.0 Å². The van der Waals surface area contributed by atoms with Crippen molar-refractivity contribution in [1.29, 1.82) is 0 Å². The average molecular weight is 375 g/mol. The standard InChI is InChI=1S/C20H20ClN2O.ClH/c1-24-18-9-7-16(8-10-18)19-14-22(20-6-3-11-23(19)20)13-15-4-2-5-17(21)12-15;/h2,4-5,7-10,12,14H,3,6,11,13H2,1H3;1H/q+1;/p-1. The van der Waals surface area contributed by atoms with Gasteiger partial charge in [0.15, 0.2) is 5.69 Å². The molecule has 0 amide bonds. The number of nitrogens with zero attached hydrogens (tertiary/aromatic N) is 2. The summed E-state index contributed by atoms with van der Waals surface area (Å²) in [5.41, 5.74) is 3.73. The predicted molar refractivity (Wildman–Crippen MR) is 95.5 cm³/mol. The summed E-state index contributed by atoms with van der Waals surface area (Å²) in [6, 6.07) is 16.4. The first kappa shape index (κ1) is 17.8. The Morgan fingerprint density at radius 2 is 1.96 bits per heavy atom. The van der Waals surface area contributed by atoms with Gasteiger partial charge in [-0.1, -0.05) is 23.7 Å². The summed E-state index contributed by atoms with van der Waals surface area (Å²) in [5.74, 6) is 2.28. The van der Waals surface area contributed by atoms with Crippen molar-refractivity contribution in [2.75, 3.05) is 7.11 Å². The minimum absolute atomic E-state index is 0. The van der Waals surface area contributed by atoms with Crippen molar-refractivity contribution in [2.24, 2.45) is 0 Å². The van der Waals surface area contributed by atoms with E-state index in [1.54, 1.807) is 7.11 Å². The smallest absolute Gasteiger partial charge is 0.257 e. The quantitative estimate of drug-likeness (QED) is 0.625. The number of aromatic nitrogens is 2. The van der Waals surface area contributed by atoms with Gasteiger partial charge in [-0.25, -0.2) is 9.13 Å². The maximum absolute atomic E-state index is 6.13. The van der Waals surface area contributed by atoms with Gasteiger partial charge in [0.25, 0.3) is 5.82 Å². The van der Waals surface area contributed by atoms with Crippen LogP contribution in [0.15, 0.2) is 54.7 Å². The lowest BCUT2D eigenvalue weighted by atomic mass is 10.1. The van der Waals surface area contributed by atoms with Crippen molar-refractivity contribution in [3.05, 3.63) is 71.1 Å². The molecule has 0 unspecified atom stereocenters. The second-order valence-corrected chi connectivity index (χ2v) is 6.61. The zero-order chi connectivity index (χ0) is 16.5. The molecule has 0 atom stereocenters. The van der Waals surface area contributed by atoms with Crippen molar-refractivity contribution < 1.29 is 21.7 Å². The van der Waals surface area contributed by atoms with E-state index in [1.165, 1.54) is 29.1 Å². The van der Waals surface area contributed by atoms with Crippen LogP contribution in [0.3, 0.4) is 0 Å².